The Morgan fingerprint density at radius 1 is 1.10 bits per heavy atom. The molecule has 2 aromatic rings. The Bertz CT molecular complexity index is 522. The van der Waals surface area contributed by atoms with Gasteiger partial charge >= 0.3 is 0 Å². The lowest BCUT2D eigenvalue weighted by Gasteiger charge is -2.28. The van der Waals surface area contributed by atoms with Gasteiger partial charge in [0.05, 0.1) is 0 Å². The lowest BCUT2D eigenvalue weighted by molar-refractivity contribution is 0.254. The second-order valence-corrected chi connectivity index (χ2v) is 6.21. The maximum atomic E-state index is 3.56. The summed E-state index contributed by atoms with van der Waals surface area (Å²) in [7, 11) is 0. The number of benzene rings is 1. The molecule has 1 aromatic carbocycles. The summed E-state index contributed by atoms with van der Waals surface area (Å²) in [6.45, 7) is 5.64. The smallest absolute Gasteiger partial charge is 0.0237 e. The van der Waals surface area contributed by atoms with Crippen molar-refractivity contribution in [2.45, 2.75) is 19.4 Å². The third kappa shape index (κ3) is 3.69. The van der Waals surface area contributed by atoms with Gasteiger partial charge in [-0.2, -0.15) is 11.3 Å². The van der Waals surface area contributed by atoms with E-state index in [4.69, 9.17) is 0 Å². The average Bonchev–Trinajstić information content (AvgIpc) is 3.00. The molecule has 2 nitrogen and oxygen atoms in total. The van der Waals surface area contributed by atoms with Crippen LogP contribution in [0.25, 0.3) is 0 Å². The molecule has 1 aliphatic rings. The molecule has 0 fully saturated rings. The molecular formula is C17H22N2S. The van der Waals surface area contributed by atoms with E-state index < -0.39 is 0 Å². The molecular weight excluding hydrogens is 264 g/mol. The Kier molecular flexibility index (Phi) is 4.85. The summed E-state index contributed by atoms with van der Waals surface area (Å²) in [4.78, 5) is 2.56. The molecule has 2 heterocycles. The van der Waals surface area contributed by atoms with Crippen molar-refractivity contribution in [1.82, 2.24) is 10.2 Å². The maximum Gasteiger partial charge on any atom is 0.0237 e. The van der Waals surface area contributed by atoms with Gasteiger partial charge in [0, 0.05) is 26.2 Å². The van der Waals surface area contributed by atoms with Gasteiger partial charge in [-0.3, -0.25) is 4.90 Å². The molecule has 1 N–H and O–H groups in total. The van der Waals surface area contributed by atoms with Crippen molar-refractivity contribution in [2.24, 2.45) is 0 Å². The SMILES string of the molecule is c1ccc2c(c1)CCN(CCNCCc1ccsc1)C2. The van der Waals surface area contributed by atoms with Gasteiger partial charge in [0.1, 0.15) is 0 Å². The standard InChI is InChI=1S/C17H22N2S/c1-2-4-17-13-19(10-6-16(17)3-1)11-9-18-8-5-15-7-12-20-14-15/h1-4,7,12,14,18H,5-6,8-11,13H2. The van der Waals surface area contributed by atoms with E-state index in [1.165, 1.54) is 29.7 Å². The number of hydrogen-bond donors (Lipinski definition) is 1. The largest absolute Gasteiger partial charge is 0.315 e. The highest BCUT2D eigenvalue weighted by molar-refractivity contribution is 7.07. The van der Waals surface area contributed by atoms with Crippen LogP contribution in [-0.4, -0.2) is 31.1 Å². The zero-order valence-electron chi connectivity index (χ0n) is 11.8. The monoisotopic (exact) mass is 286 g/mol. The minimum Gasteiger partial charge on any atom is -0.315 e. The van der Waals surface area contributed by atoms with Gasteiger partial charge in [0.15, 0.2) is 0 Å². The van der Waals surface area contributed by atoms with E-state index in [2.05, 4.69) is 51.3 Å². The van der Waals surface area contributed by atoms with Crippen molar-refractivity contribution in [1.29, 1.82) is 0 Å². The molecule has 0 amide bonds. The topological polar surface area (TPSA) is 15.3 Å². The van der Waals surface area contributed by atoms with E-state index in [9.17, 15) is 0 Å². The third-order valence-corrected chi connectivity index (χ3v) is 4.72. The van der Waals surface area contributed by atoms with Crippen LogP contribution in [0.1, 0.15) is 16.7 Å². The Hall–Kier alpha value is -1.16. The molecule has 0 saturated carbocycles. The van der Waals surface area contributed by atoms with Gasteiger partial charge in [-0.25, -0.2) is 0 Å². The molecule has 3 rings (SSSR count). The highest BCUT2D eigenvalue weighted by atomic mass is 32.1. The molecule has 106 valence electrons. The van der Waals surface area contributed by atoms with Crippen LogP contribution in [0.5, 0.6) is 0 Å². The predicted molar refractivity (Wildman–Crippen MR) is 86.3 cm³/mol. The molecule has 3 heteroatoms. The van der Waals surface area contributed by atoms with Crippen LogP contribution in [0.4, 0.5) is 0 Å². The molecule has 0 radical (unpaired) electrons. The van der Waals surface area contributed by atoms with E-state index in [1.54, 1.807) is 11.3 Å². The molecule has 0 saturated heterocycles. The lowest BCUT2D eigenvalue weighted by atomic mass is 10.00. The van der Waals surface area contributed by atoms with Crippen LogP contribution >= 0.6 is 11.3 Å². The summed E-state index contributed by atoms with van der Waals surface area (Å²) in [5.74, 6) is 0. The number of nitrogens with zero attached hydrogens (tertiary/aromatic N) is 1. The molecule has 0 unspecified atom stereocenters. The minimum absolute atomic E-state index is 1.08. The van der Waals surface area contributed by atoms with E-state index in [1.807, 2.05) is 0 Å². The first-order valence-electron chi connectivity index (χ1n) is 7.43. The highest BCUT2D eigenvalue weighted by Gasteiger charge is 2.14. The van der Waals surface area contributed by atoms with Gasteiger partial charge in [0.2, 0.25) is 0 Å². The molecule has 0 bridgehead atoms. The second kappa shape index (κ2) is 7.02. The number of rotatable bonds is 6. The van der Waals surface area contributed by atoms with Crippen molar-refractivity contribution >= 4 is 11.3 Å². The van der Waals surface area contributed by atoms with Gasteiger partial charge in [-0.15, -0.1) is 0 Å². The Morgan fingerprint density at radius 2 is 2.00 bits per heavy atom. The van der Waals surface area contributed by atoms with Gasteiger partial charge < -0.3 is 5.32 Å². The summed E-state index contributed by atoms with van der Waals surface area (Å²) in [5, 5.41) is 7.95. The quantitative estimate of drug-likeness (QED) is 0.821. The third-order valence-electron chi connectivity index (χ3n) is 3.99. The van der Waals surface area contributed by atoms with Crippen LogP contribution < -0.4 is 5.32 Å². The zero-order valence-corrected chi connectivity index (χ0v) is 12.7. The molecule has 0 atom stereocenters. The Labute approximate surface area is 125 Å². The second-order valence-electron chi connectivity index (χ2n) is 5.43. The lowest BCUT2D eigenvalue weighted by Crippen LogP contribution is -2.36. The van der Waals surface area contributed by atoms with Gasteiger partial charge in [0.25, 0.3) is 0 Å². The summed E-state index contributed by atoms with van der Waals surface area (Å²) < 4.78 is 0. The summed E-state index contributed by atoms with van der Waals surface area (Å²) in [6, 6.07) is 11.1. The summed E-state index contributed by atoms with van der Waals surface area (Å²) >= 11 is 1.78. The normalized spacial score (nSPS) is 15.2. The number of thiophene rings is 1. The van der Waals surface area contributed by atoms with Crippen molar-refractivity contribution in [3.05, 3.63) is 57.8 Å². The van der Waals surface area contributed by atoms with Crippen molar-refractivity contribution in [2.75, 3.05) is 26.2 Å². The first-order chi connectivity index (χ1) is 9.92. The molecule has 20 heavy (non-hydrogen) atoms. The first-order valence-corrected chi connectivity index (χ1v) is 8.37. The van der Waals surface area contributed by atoms with Crippen molar-refractivity contribution < 1.29 is 0 Å². The minimum atomic E-state index is 1.08. The first kappa shape index (κ1) is 13.8. The number of nitrogens with one attached hydrogen (secondary N) is 1. The van der Waals surface area contributed by atoms with Crippen LogP contribution in [0.3, 0.4) is 0 Å². The summed E-state index contributed by atoms with van der Waals surface area (Å²) in [6.07, 6.45) is 2.34. The van der Waals surface area contributed by atoms with Gasteiger partial charge in [-0.1, -0.05) is 24.3 Å². The van der Waals surface area contributed by atoms with Crippen molar-refractivity contribution in [3.8, 4) is 0 Å². The van der Waals surface area contributed by atoms with Crippen LogP contribution in [-0.2, 0) is 19.4 Å². The van der Waals surface area contributed by atoms with E-state index in [0.29, 0.717) is 0 Å². The zero-order chi connectivity index (χ0) is 13.6. The number of hydrogen-bond acceptors (Lipinski definition) is 3. The van der Waals surface area contributed by atoms with E-state index >= 15 is 0 Å². The predicted octanol–water partition coefficient (Wildman–Crippen LogP) is 2.94. The summed E-state index contributed by atoms with van der Waals surface area (Å²) in [5.41, 5.74) is 4.50. The average molecular weight is 286 g/mol. The molecule has 1 aliphatic heterocycles. The Balaban J connectivity index is 1.36. The highest BCUT2D eigenvalue weighted by Crippen LogP contribution is 2.17. The fourth-order valence-corrected chi connectivity index (χ4v) is 3.48. The van der Waals surface area contributed by atoms with Gasteiger partial charge in [-0.05, 0) is 52.9 Å². The molecule has 1 aromatic heterocycles. The number of fused-ring (bicyclic) bond motifs is 1. The van der Waals surface area contributed by atoms with Crippen LogP contribution in [0.2, 0.25) is 0 Å². The fourth-order valence-electron chi connectivity index (χ4n) is 2.77. The molecule has 0 spiro atoms. The Morgan fingerprint density at radius 3 is 2.85 bits per heavy atom. The van der Waals surface area contributed by atoms with E-state index in [0.717, 1.165) is 32.6 Å². The van der Waals surface area contributed by atoms with Crippen LogP contribution in [0.15, 0.2) is 41.1 Å². The van der Waals surface area contributed by atoms with E-state index in [-0.39, 0.29) is 0 Å². The maximum absolute atomic E-state index is 3.56. The fraction of sp³-hybridized carbons (Fsp3) is 0.412. The van der Waals surface area contributed by atoms with Crippen LogP contribution in [0, 0.1) is 0 Å². The molecule has 0 aliphatic carbocycles. The van der Waals surface area contributed by atoms with Crippen molar-refractivity contribution in [3.63, 3.8) is 0 Å².